The lowest BCUT2D eigenvalue weighted by Gasteiger charge is -2.46. The van der Waals surface area contributed by atoms with Crippen molar-refractivity contribution in [3.05, 3.63) is 47.5 Å². The van der Waals surface area contributed by atoms with Crippen LogP contribution in [0.25, 0.3) is 12.2 Å². The van der Waals surface area contributed by atoms with E-state index >= 15 is 0 Å². The Morgan fingerprint density at radius 3 is 1.21 bits per heavy atom. The van der Waals surface area contributed by atoms with Gasteiger partial charge in [0.05, 0.1) is 9.79 Å². The highest BCUT2D eigenvalue weighted by molar-refractivity contribution is 7.86. The Hall–Kier alpha value is -5.34. The molecule has 8 N–H and O–H groups in total. The van der Waals surface area contributed by atoms with Crippen LogP contribution in [-0.2, 0) is 29.7 Å². The smallest absolute Gasteiger partial charge is 0.233 e. The number of hydrogen-bond donors (Lipinski definition) is 8. The average Bonchev–Trinajstić information content (AvgIpc) is 2.33. The molecule has 2 fully saturated rings. The summed E-state index contributed by atoms with van der Waals surface area (Å²) in [4.78, 5) is 26.8. The van der Waals surface area contributed by atoms with Crippen LogP contribution in [0.1, 0.15) is 184 Å². The molecule has 4 heterocycles. The van der Waals surface area contributed by atoms with E-state index in [2.05, 4.69) is 146 Å². The monoisotopic (exact) mass is 1200 g/mol. The van der Waals surface area contributed by atoms with Gasteiger partial charge in [-0.2, -0.15) is 29.9 Å². The van der Waals surface area contributed by atoms with Gasteiger partial charge in [0, 0.05) is 85.1 Å². The Morgan fingerprint density at radius 1 is 0.536 bits per heavy atom. The molecule has 0 spiro atoms. The summed E-state index contributed by atoms with van der Waals surface area (Å²) in [6.45, 7) is 29.6. The van der Waals surface area contributed by atoms with Crippen LogP contribution in [0.3, 0.4) is 0 Å². The first-order valence-electron chi connectivity index (χ1n) is 30.2. The highest BCUT2D eigenvalue weighted by Gasteiger charge is 2.39. The molecular formula is C60H96N14O8S2-2. The summed E-state index contributed by atoms with van der Waals surface area (Å²) in [5, 5.41) is 27.1. The average molecular weight is 1210 g/mol. The highest BCUT2D eigenvalue weighted by Crippen LogP contribution is 2.34. The summed E-state index contributed by atoms with van der Waals surface area (Å²) in [5.41, 5.74) is -0.440. The zero-order chi connectivity index (χ0) is 61.4. The maximum Gasteiger partial charge on any atom is 0.233 e. The molecule has 24 heteroatoms. The van der Waals surface area contributed by atoms with Gasteiger partial charge in [0.15, 0.2) is 0 Å². The first-order chi connectivity index (χ1) is 39.5. The number of nitrogens with one attached hydrogen (secondary N) is 8. The molecule has 0 radical (unpaired) electrons. The number of anilines is 8. The molecule has 2 unspecified atom stereocenters. The summed E-state index contributed by atoms with van der Waals surface area (Å²) in [6.07, 6.45) is 16.2. The van der Waals surface area contributed by atoms with Crippen LogP contribution in [0, 0.1) is 11.8 Å². The maximum absolute atomic E-state index is 12.9. The number of aromatic nitrogens is 6. The first-order valence-corrected chi connectivity index (χ1v) is 33.1. The van der Waals surface area contributed by atoms with E-state index < -0.39 is 30.0 Å². The molecule has 0 saturated carbocycles. The Labute approximate surface area is 500 Å². The molecule has 2 saturated heterocycles. The van der Waals surface area contributed by atoms with Crippen molar-refractivity contribution in [2.24, 2.45) is 11.8 Å². The predicted octanol–water partition coefficient (Wildman–Crippen LogP) is 11.0. The van der Waals surface area contributed by atoms with E-state index in [1.807, 2.05) is 0 Å². The summed E-state index contributed by atoms with van der Waals surface area (Å²) >= 11 is 0. The molecule has 468 valence electrons. The van der Waals surface area contributed by atoms with Crippen molar-refractivity contribution in [3.8, 4) is 0 Å². The molecule has 0 aliphatic carbocycles. The van der Waals surface area contributed by atoms with Gasteiger partial charge in [-0.3, -0.25) is 0 Å². The van der Waals surface area contributed by atoms with Crippen LogP contribution < -0.4 is 42.5 Å². The Bertz CT molecular complexity index is 2790. The first kappa shape index (κ1) is 67.8. The SMILES string of the molecule is CCCCC(CC)COCCCNc1nc(Nc2ccc(/C=C/c3ccc(Nc4nc(NCCCOCC(CC)CCCC)nc(NC5CC(C)(C)NC(C)(C)C5)n4)cc3S(=O)(=O)[O-])c(S(=O)(=O)[O-])c2)nc(NC2CC(C)(C)NC(C)(C)C2)n1. The zero-order valence-corrected chi connectivity index (χ0v) is 53.5. The van der Waals surface area contributed by atoms with Crippen molar-refractivity contribution in [2.45, 2.75) is 217 Å². The highest BCUT2D eigenvalue weighted by atomic mass is 32.2. The third-order valence-electron chi connectivity index (χ3n) is 15.1. The summed E-state index contributed by atoms with van der Waals surface area (Å²) in [7, 11) is -10.3. The van der Waals surface area contributed by atoms with Crippen LogP contribution in [-0.4, -0.2) is 130 Å². The van der Waals surface area contributed by atoms with Gasteiger partial charge in [-0.05, 0) is 154 Å². The van der Waals surface area contributed by atoms with Gasteiger partial charge in [-0.1, -0.05) is 90.5 Å². The number of nitrogens with zero attached hydrogens (tertiary/aromatic N) is 6. The fraction of sp³-hybridized carbons (Fsp3) is 0.667. The molecule has 2 aromatic carbocycles. The molecule has 2 aliphatic rings. The van der Waals surface area contributed by atoms with E-state index in [1.54, 1.807) is 0 Å². The van der Waals surface area contributed by atoms with Crippen LogP contribution in [0.4, 0.5) is 47.1 Å². The fourth-order valence-corrected chi connectivity index (χ4v) is 13.2. The molecule has 2 aromatic heterocycles. The Morgan fingerprint density at radius 2 is 0.881 bits per heavy atom. The second-order valence-corrected chi connectivity index (χ2v) is 28.1. The van der Waals surface area contributed by atoms with Gasteiger partial charge in [-0.15, -0.1) is 0 Å². The number of piperidine rings is 2. The fourth-order valence-electron chi connectivity index (χ4n) is 11.8. The third kappa shape index (κ3) is 22.5. The van der Waals surface area contributed by atoms with Crippen LogP contribution in [0.5, 0.6) is 0 Å². The van der Waals surface area contributed by atoms with E-state index in [0.29, 0.717) is 76.1 Å². The summed E-state index contributed by atoms with van der Waals surface area (Å²) in [6, 6.07) is 8.18. The molecule has 84 heavy (non-hydrogen) atoms. The third-order valence-corrected chi connectivity index (χ3v) is 16.9. The Balaban J connectivity index is 1.22. The molecule has 22 nitrogen and oxygen atoms in total. The van der Waals surface area contributed by atoms with Crippen LogP contribution in [0.2, 0.25) is 0 Å². The molecule has 4 aromatic rings. The molecule has 0 bridgehead atoms. The minimum Gasteiger partial charge on any atom is -0.744 e. The zero-order valence-electron chi connectivity index (χ0n) is 51.8. The number of rotatable bonds is 34. The summed E-state index contributed by atoms with van der Waals surface area (Å²) < 4.78 is 89.7. The maximum atomic E-state index is 12.9. The lowest BCUT2D eigenvalue weighted by molar-refractivity contribution is 0.0937. The van der Waals surface area contributed by atoms with Crippen molar-refractivity contribution in [2.75, 3.05) is 71.4 Å². The van der Waals surface area contributed by atoms with Gasteiger partial charge in [0.1, 0.15) is 20.2 Å². The van der Waals surface area contributed by atoms with E-state index in [-0.39, 0.29) is 80.5 Å². The standard InChI is InChI=1S/C60H98N14O8S2/c1-13-17-21-41(15-3)39-81-31-19-29-61-51-67-53(71-55(69-51)65-47-35-57(5,6)73-58(7,8)36-47)63-45-27-25-43(49(33-45)83(75,76)77)23-24-44-26-28-46(34-50(44)84(78,79)80)64-54-68-52(62-30-20-32-82-40-42(16-4)22-18-14-2)70-56(72-54)66-48-37-59(9,10)74-60(11,12)38-48/h23-28,33-34,41-42,47-48,73-74H,13-22,29-32,35-40H2,1-12H3,(H,75,76,77)(H,78,79,80)(H3,61,63,65,67,69,71)(H3,62,64,66,68,70,72)/p-2/b24-23+. The minimum atomic E-state index is -5.13. The molecule has 2 aliphatic heterocycles. The molecule has 6 rings (SSSR count). The largest absolute Gasteiger partial charge is 0.744 e. The van der Waals surface area contributed by atoms with Crippen LogP contribution >= 0.6 is 0 Å². The van der Waals surface area contributed by atoms with Crippen molar-refractivity contribution in [1.82, 2.24) is 40.5 Å². The van der Waals surface area contributed by atoms with Gasteiger partial charge in [-0.25, -0.2) is 16.8 Å². The van der Waals surface area contributed by atoms with E-state index in [4.69, 9.17) is 19.4 Å². The lowest BCUT2D eigenvalue weighted by Crippen LogP contribution is -2.60. The van der Waals surface area contributed by atoms with Crippen molar-refractivity contribution >= 4 is 79.5 Å². The van der Waals surface area contributed by atoms with Gasteiger partial charge in [0.25, 0.3) is 0 Å². The lowest BCUT2D eigenvalue weighted by atomic mass is 9.79. The predicted molar refractivity (Wildman–Crippen MR) is 334 cm³/mol. The quantitative estimate of drug-likeness (QED) is 0.0122. The molecular weight excluding hydrogens is 1110 g/mol. The van der Waals surface area contributed by atoms with E-state index in [9.17, 15) is 25.9 Å². The normalized spacial score (nSPS) is 17.8. The second-order valence-electron chi connectivity index (χ2n) is 25.4. The topological polar surface area (TPSA) is 306 Å². The number of benzene rings is 2. The minimum absolute atomic E-state index is 0.00634. The number of hydrogen-bond acceptors (Lipinski definition) is 22. The number of ether oxygens (including phenoxy) is 2. The van der Waals surface area contributed by atoms with Crippen molar-refractivity contribution in [1.29, 1.82) is 0 Å². The number of unbranched alkanes of at least 4 members (excludes halogenated alkanes) is 2. The summed E-state index contributed by atoms with van der Waals surface area (Å²) in [5.74, 6) is 2.40. The second kappa shape index (κ2) is 30.3. The molecule has 0 amide bonds. The van der Waals surface area contributed by atoms with Gasteiger partial charge >= 0.3 is 0 Å². The van der Waals surface area contributed by atoms with Gasteiger partial charge in [0.2, 0.25) is 35.7 Å². The van der Waals surface area contributed by atoms with E-state index in [1.165, 1.54) is 49.3 Å². The van der Waals surface area contributed by atoms with E-state index in [0.717, 1.165) is 76.3 Å². The Kier molecular flexibility index (Phi) is 24.5. The van der Waals surface area contributed by atoms with Crippen molar-refractivity contribution < 1.29 is 35.4 Å². The van der Waals surface area contributed by atoms with Gasteiger partial charge < -0.3 is 61.1 Å². The van der Waals surface area contributed by atoms with Crippen molar-refractivity contribution in [3.63, 3.8) is 0 Å². The van der Waals surface area contributed by atoms with Crippen LogP contribution in [0.15, 0.2) is 46.2 Å². The molecule has 2 atom stereocenters.